The van der Waals surface area contributed by atoms with Gasteiger partial charge in [-0.25, -0.2) is 0 Å². The van der Waals surface area contributed by atoms with Crippen molar-refractivity contribution >= 4 is 0 Å². The first-order valence-electron chi connectivity index (χ1n) is 0.878. The zero-order valence-electron chi connectivity index (χ0n) is 2.83. The fourth-order valence-corrected chi connectivity index (χ4v) is 0. The van der Waals surface area contributed by atoms with E-state index in [4.69, 9.17) is 0 Å². The standard InChI is InChI=1S/C2H3F2.Y/c1-2(3)4;/h1H3;/q-1;. The first-order valence-corrected chi connectivity index (χ1v) is 0.878. The summed E-state index contributed by atoms with van der Waals surface area (Å²) in [6, 6.07) is 0. The van der Waals surface area contributed by atoms with Crippen molar-refractivity contribution in [1.29, 1.82) is 0 Å². The number of hydrogen-bond donors (Lipinski definition) is 0. The Kier molecular flexibility index (Phi) is 9.29. The van der Waals surface area contributed by atoms with Gasteiger partial charge in [0.15, 0.2) is 0 Å². The summed E-state index contributed by atoms with van der Waals surface area (Å²) in [6.07, 6.45) is -1.58. The van der Waals surface area contributed by atoms with Crippen molar-refractivity contribution in [2.75, 3.05) is 0 Å². The average Bonchev–Trinajstić information content (AvgIpc) is 0.811. The van der Waals surface area contributed by atoms with Crippen LogP contribution >= 0.6 is 0 Å². The molecule has 0 spiro atoms. The SMILES string of the molecule is C[C-](F)F.[Y]. The molecule has 0 unspecified atom stereocenters. The molecular weight excluding hydrogens is 151 g/mol. The molecule has 3 heteroatoms. The van der Waals surface area contributed by atoms with E-state index in [-0.39, 0.29) is 32.7 Å². The summed E-state index contributed by atoms with van der Waals surface area (Å²) in [7, 11) is 0. The molecule has 5 heavy (non-hydrogen) atoms. The third-order valence-corrected chi connectivity index (χ3v) is 0. The fraction of sp³-hybridized carbons (Fsp3) is 0.500. The maximum absolute atomic E-state index is 10.2. The molecular formula is C2H3F2Y-. The summed E-state index contributed by atoms with van der Waals surface area (Å²) in [5.41, 5.74) is 0. The fourth-order valence-electron chi connectivity index (χ4n) is 0. The minimum atomic E-state index is -1.58. The third kappa shape index (κ3) is 46.9. The van der Waals surface area contributed by atoms with Gasteiger partial charge in [-0.15, -0.1) is 6.92 Å². The van der Waals surface area contributed by atoms with Gasteiger partial charge in [0.25, 0.3) is 0 Å². The Balaban J connectivity index is 0. The second-order valence-corrected chi connectivity index (χ2v) is 0.449. The van der Waals surface area contributed by atoms with Crippen molar-refractivity contribution in [2.45, 2.75) is 6.92 Å². The van der Waals surface area contributed by atoms with Gasteiger partial charge in [0.05, 0.1) is 0 Å². The Hall–Kier alpha value is 0.964. The molecule has 0 heterocycles. The molecule has 0 aromatic rings. The van der Waals surface area contributed by atoms with Crippen LogP contribution in [0.25, 0.3) is 0 Å². The topological polar surface area (TPSA) is 0 Å². The van der Waals surface area contributed by atoms with Crippen LogP contribution < -0.4 is 0 Å². The van der Waals surface area contributed by atoms with Gasteiger partial charge in [-0.05, 0) is 6.43 Å². The van der Waals surface area contributed by atoms with E-state index in [1.54, 1.807) is 0 Å². The predicted molar refractivity (Wildman–Crippen MR) is 11.1 cm³/mol. The molecule has 0 aromatic carbocycles. The first-order chi connectivity index (χ1) is 1.73. The Labute approximate surface area is 54.8 Å². The summed E-state index contributed by atoms with van der Waals surface area (Å²) in [4.78, 5) is 0. The average molecular weight is 154 g/mol. The van der Waals surface area contributed by atoms with Crippen LogP contribution in [0, 0.1) is 6.43 Å². The molecule has 0 amide bonds. The van der Waals surface area contributed by atoms with Crippen LogP contribution in [0.4, 0.5) is 8.78 Å². The monoisotopic (exact) mass is 154 g/mol. The van der Waals surface area contributed by atoms with E-state index < -0.39 is 6.43 Å². The molecule has 0 fully saturated rings. The van der Waals surface area contributed by atoms with Gasteiger partial charge in [-0.2, -0.15) is 0 Å². The zero-order valence-corrected chi connectivity index (χ0v) is 5.67. The Morgan fingerprint density at radius 2 is 1.40 bits per heavy atom. The molecule has 0 aliphatic carbocycles. The smallest absolute Gasteiger partial charge is 0 e. The van der Waals surface area contributed by atoms with E-state index in [1.807, 2.05) is 0 Å². The molecule has 0 aliphatic rings. The molecule has 0 N–H and O–H groups in total. The van der Waals surface area contributed by atoms with Crippen molar-refractivity contribution in [3.8, 4) is 0 Å². The van der Waals surface area contributed by atoms with Gasteiger partial charge in [-0.3, -0.25) is 0 Å². The molecule has 0 saturated heterocycles. The van der Waals surface area contributed by atoms with Crippen molar-refractivity contribution in [3.05, 3.63) is 6.43 Å². The van der Waals surface area contributed by atoms with Gasteiger partial charge >= 0.3 is 0 Å². The van der Waals surface area contributed by atoms with Crippen LogP contribution in [0.1, 0.15) is 6.92 Å². The van der Waals surface area contributed by atoms with Gasteiger partial charge in [0, 0.05) is 32.7 Å². The zero-order chi connectivity index (χ0) is 3.58. The van der Waals surface area contributed by atoms with Crippen molar-refractivity contribution in [3.63, 3.8) is 0 Å². The van der Waals surface area contributed by atoms with E-state index in [0.29, 0.717) is 0 Å². The third-order valence-electron chi connectivity index (χ3n) is 0. The Bertz CT molecular complexity index is 12.4. The van der Waals surface area contributed by atoms with E-state index in [0.717, 1.165) is 6.92 Å². The van der Waals surface area contributed by atoms with Crippen LogP contribution in [0.3, 0.4) is 0 Å². The minimum absolute atomic E-state index is 0. The maximum atomic E-state index is 10.2. The summed E-state index contributed by atoms with van der Waals surface area (Å²) in [5.74, 6) is 0. The molecule has 0 nitrogen and oxygen atoms in total. The Morgan fingerprint density at radius 1 is 1.40 bits per heavy atom. The molecule has 0 aliphatic heterocycles. The van der Waals surface area contributed by atoms with E-state index >= 15 is 0 Å². The largest absolute Gasteiger partial charge is 0.422 e. The van der Waals surface area contributed by atoms with Gasteiger partial charge < -0.3 is 8.78 Å². The first kappa shape index (κ1) is 9.35. The van der Waals surface area contributed by atoms with Crippen LogP contribution in [0.5, 0.6) is 0 Å². The summed E-state index contributed by atoms with van der Waals surface area (Å²) >= 11 is 0. The molecule has 0 saturated carbocycles. The minimum Gasteiger partial charge on any atom is -0.422 e. The second kappa shape index (κ2) is 4.96. The van der Waals surface area contributed by atoms with Crippen LogP contribution in [-0.4, -0.2) is 0 Å². The number of rotatable bonds is 0. The Morgan fingerprint density at radius 3 is 1.40 bits per heavy atom. The van der Waals surface area contributed by atoms with Crippen molar-refractivity contribution < 1.29 is 41.5 Å². The molecule has 0 aromatic heterocycles. The molecule has 1 radical (unpaired) electrons. The predicted octanol–water partition coefficient (Wildman–Crippen LogP) is 1.43. The molecule has 0 bridgehead atoms. The summed E-state index contributed by atoms with van der Waals surface area (Å²) < 4.78 is 20.5. The normalized spacial score (nSPS) is 7.20. The van der Waals surface area contributed by atoms with Crippen LogP contribution in [0.2, 0.25) is 0 Å². The van der Waals surface area contributed by atoms with Crippen molar-refractivity contribution in [2.24, 2.45) is 0 Å². The summed E-state index contributed by atoms with van der Waals surface area (Å²) in [5, 5.41) is 0. The van der Waals surface area contributed by atoms with Crippen LogP contribution in [0.15, 0.2) is 0 Å². The number of hydrogen-bond acceptors (Lipinski definition) is 0. The molecule has 0 rings (SSSR count). The van der Waals surface area contributed by atoms with Crippen LogP contribution in [-0.2, 0) is 32.7 Å². The maximum Gasteiger partial charge on any atom is 0 e. The summed E-state index contributed by atoms with van der Waals surface area (Å²) in [6.45, 7) is 0.750. The van der Waals surface area contributed by atoms with Crippen molar-refractivity contribution in [1.82, 2.24) is 0 Å². The van der Waals surface area contributed by atoms with Gasteiger partial charge in [0.1, 0.15) is 0 Å². The second-order valence-electron chi connectivity index (χ2n) is 0.449. The molecule has 29 valence electrons. The quantitative estimate of drug-likeness (QED) is 0.463. The molecule has 0 atom stereocenters. The number of halogens is 2. The van der Waals surface area contributed by atoms with E-state index in [1.165, 1.54) is 0 Å². The van der Waals surface area contributed by atoms with E-state index in [9.17, 15) is 8.78 Å². The van der Waals surface area contributed by atoms with Gasteiger partial charge in [-0.1, -0.05) is 0 Å². The van der Waals surface area contributed by atoms with Gasteiger partial charge in [0.2, 0.25) is 0 Å². The van der Waals surface area contributed by atoms with E-state index in [2.05, 4.69) is 0 Å².